The van der Waals surface area contributed by atoms with Crippen molar-refractivity contribution in [2.45, 2.75) is 11.0 Å². The average Bonchev–Trinajstić information content (AvgIpc) is 2.37. The van der Waals surface area contributed by atoms with E-state index in [1.807, 2.05) is 7.05 Å². The zero-order valence-electron chi connectivity index (χ0n) is 10.4. The molecule has 106 valence electrons. The number of ether oxygens (including phenoxy) is 1. The minimum atomic E-state index is -3.63. The fourth-order valence-electron chi connectivity index (χ4n) is 1.72. The molecule has 1 atom stereocenters. The van der Waals surface area contributed by atoms with Gasteiger partial charge in [0.05, 0.1) is 25.1 Å². The van der Waals surface area contributed by atoms with Crippen LogP contribution in [0.4, 0.5) is 0 Å². The molecule has 0 aliphatic carbocycles. The van der Waals surface area contributed by atoms with E-state index >= 15 is 0 Å². The number of hydrogen-bond donors (Lipinski definition) is 1. The molecule has 1 aromatic heterocycles. The summed E-state index contributed by atoms with van der Waals surface area (Å²) in [5.74, 6) is 0. The van der Waals surface area contributed by atoms with Crippen LogP contribution in [0.3, 0.4) is 0 Å². The lowest BCUT2D eigenvalue weighted by atomic mass is 10.3. The lowest BCUT2D eigenvalue weighted by molar-refractivity contribution is -0.0156. The lowest BCUT2D eigenvalue weighted by Crippen LogP contribution is -2.45. The molecule has 0 radical (unpaired) electrons. The molecule has 7 nitrogen and oxygen atoms in total. The van der Waals surface area contributed by atoms with Crippen LogP contribution in [0.5, 0.6) is 0 Å². The van der Waals surface area contributed by atoms with E-state index in [2.05, 4.69) is 19.6 Å². The Balaban J connectivity index is 1.96. The van der Waals surface area contributed by atoms with Crippen molar-refractivity contribution in [1.82, 2.24) is 19.6 Å². The Morgan fingerprint density at radius 3 is 2.84 bits per heavy atom. The number of halogens is 1. The molecule has 2 rings (SSSR count). The first-order valence-electron chi connectivity index (χ1n) is 5.75. The number of morpholine rings is 1. The fraction of sp³-hybridized carbons (Fsp3) is 0.600. The number of hydrogen-bond acceptors (Lipinski definition) is 6. The average molecular weight is 307 g/mol. The highest BCUT2D eigenvalue weighted by Crippen LogP contribution is 2.08. The second-order valence-electron chi connectivity index (χ2n) is 4.29. The monoisotopic (exact) mass is 306 g/mol. The fourth-order valence-corrected chi connectivity index (χ4v) is 2.77. The number of sulfonamides is 1. The summed E-state index contributed by atoms with van der Waals surface area (Å²) in [5.41, 5.74) is 0. The lowest BCUT2D eigenvalue weighted by Gasteiger charge is -2.29. The second-order valence-corrected chi connectivity index (χ2v) is 6.40. The maximum atomic E-state index is 12.0. The first-order chi connectivity index (χ1) is 8.97. The predicted molar refractivity (Wildman–Crippen MR) is 69.5 cm³/mol. The van der Waals surface area contributed by atoms with Gasteiger partial charge in [-0.15, -0.1) is 0 Å². The van der Waals surface area contributed by atoms with Crippen LogP contribution in [0, 0.1) is 0 Å². The van der Waals surface area contributed by atoms with Gasteiger partial charge in [0.15, 0.2) is 0 Å². The Hall–Kier alpha value is -0.800. The van der Waals surface area contributed by atoms with E-state index in [4.69, 9.17) is 16.3 Å². The standard InChI is InChI=1S/C10H15ClN4O3S/c1-15-2-3-18-8(7-15)4-14-19(16,17)9-5-12-10(11)13-6-9/h5-6,8,14H,2-4,7H2,1H3. The largest absolute Gasteiger partial charge is 0.374 e. The highest BCUT2D eigenvalue weighted by Gasteiger charge is 2.21. The molecule has 9 heteroatoms. The third kappa shape index (κ3) is 4.08. The Bertz CT molecular complexity index is 522. The zero-order valence-corrected chi connectivity index (χ0v) is 12.0. The Morgan fingerprint density at radius 1 is 1.53 bits per heavy atom. The molecule has 1 saturated heterocycles. The summed E-state index contributed by atoms with van der Waals surface area (Å²) in [7, 11) is -1.66. The maximum Gasteiger partial charge on any atom is 0.243 e. The van der Waals surface area contributed by atoms with E-state index in [1.165, 1.54) is 12.4 Å². The smallest absolute Gasteiger partial charge is 0.243 e. The van der Waals surface area contributed by atoms with Gasteiger partial charge in [0.25, 0.3) is 0 Å². The molecule has 19 heavy (non-hydrogen) atoms. The van der Waals surface area contributed by atoms with Gasteiger partial charge in [0.1, 0.15) is 4.90 Å². The van der Waals surface area contributed by atoms with Gasteiger partial charge in [-0.05, 0) is 18.6 Å². The van der Waals surface area contributed by atoms with Gasteiger partial charge in [-0.2, -0.15) is 0 Å². The number of nitrogens with one attached hydrogen (secondary N) is 1. The molecular formula is C10H15ClN4O3S. The molecule has 1 unspecified atom stereocenters. The summed E-state index contributed by atoms with van der Waals surface area (Å²) in [6.45, 7) is 2.37. The van der Waals surface area contributed by atoms with Gasteiger partial charge in [-0.1, -0.05) is 0 Å². The zero-order chi connectivity index (χ0) is 13.9. The Labute approximate surface area is 117 Å². The molecule has 0 bridgehead atoms. The van der Waals surface area contributed by atoms with E-state index in [0.29, 0.717) is 13.2 Å². The third-order valence-corrected chi connectivity index (χ3v) is 4.32. The topological polar surface area (TPSA) is 84.4 Å². The summed E-state index contributed by atoms with van der Waals surface area (Å²) in [4.78, 5) is 9.37. The van der Waals surface area contributed by atoms with Crippen LogP contribution >= 0.6 is 11.6 Å². The van der Waals surface area contributed by atoms with E-state index in [9.17, 15) is 8.42 Å². The van der Waals surface area contributed by atoms with Crippen molar-refractivity contribution in [3.63, 3.8) is 0 Å². The van der Waals surface area contributed by atoms with Gasteiger partial charge < -0.3 is 9.64 Å². The predicted octanol–water partition coefficient (Wildman–Crippen LogP) is -0.261. The molecule has 1 aliphatic rings. The molecule has 1 aliphatic heterocycles. The summed E-state index contributed by atoms with van der Waals surface area (Å²) in [5, 5.41) is 0.0104. The third-order valence-electron chi connectivity index (χ3n) is 2.75. The minimum absolute atomic E-state index is 0.0104. The number of rotatable bonds is 4. The number of aromatic nitrogens is 2. The van der Waals surface area contributed by atoms with Gasteiger partial charge in [-0.25, -0.2) is 23.1 Å². The first kappa shape index (κ1) is 14.6. The number of likely N-dealkylation sites (N-methyl/N-ethyl adjacent to an activating group) is 1. The van der Waals surface area contributed by atoms with Gasteiger partial charge in [0, 0.05) is 19.6 Å². The molecule has 0 aromatic carbocycles. The molecule has 2 heterocycles. The van der Waals surface area contributed by atoms with Crippen molar-refractivity contribution in [2.24, 2.45) is 0 Å². The molecule has 0 saturated carbocycles. The van der Waals surface area contributed by atoms with Crippen molar-refractivity contribution < 1.29 is 13.2 Å². The van der Waals surface area contributed by atoms with Crippen molar-refractivity contribution in [2.75, 3.05) is 33.3 Å². The van der Waals surface area contributed by atoms with Crippen LogP contribution in [0.15, 0.2) is 17.3 Å². The van der Waals surface area contributed by atoms with Crippen LogP contribution in [0.2, 0.25) is 5.28 Å². The highest BCUT2D eigenvalue weighted by atomic mass is 35.5. The van der Waals surface area contributed by atoms with Gasteiger partial charge in [0.2, 0.25) is 15.3 Å². The first-order valence-corrected chi connectivity index (χ1v) is 7.61. The highest BCUT2D eigenvalue weighted by molar-refractivity contribution is 7.89. The minimum Gasteiger partial charge on any atom is -0.374 e. The van der Waals surface area contributed by atoms with Crippen LogP contribution < -0.4 is 4.72 Å². The molecule has 1 fully saturated rings. The van der Waals surface area contributed by atoms with Crippen LogP contribution in [-0.2, 0) is 14.8 Å². The normalized spacial score (nSPS) is 21.5. The van der Waals surface area contributed by atoms with E-state index in [0.717, 1.165) is 6.54 Å². The summed E-state index contributed by atoms with van der Waals surface area (Å²) >= 11 is 5.51. The Morgan fingerprint density at radius 2 is 2.21 bits per heavy atom. The van der Waals surface area contributed by atoms with Gasteiger partial charge in [-0.3, -0.25) is 0 Å². The summed E-state index contributed by atoms with van der Waals surface area (Å²) in [6.07, 6.45) is 2.19. The van der Waals surface area contributed by atoms with Crippen LogP contribution in [0.1, 0.15) is 0 Å². The molecule has 0 spiro atoms. The van der Waals surface area contributed by atoms with E-state index in [-0.39, 0.29) is 22.8 Å². The quantitative estimate of drug-likeness (QED) is 0.772. The van der Waals surface area contributed by atoms with E-state index in [1.54, 1.807) is 0 Å². The molecular weight excluding hydrogens is 292 g/mol. The molecule has 1 N–H and O–H groups in total. The van der Waals surface area contributed by atoms with Crippen LogP contribution in [0.25, 0.3) is 0 Å². The maximum absolute atomic E-state index is 12.0. The molecule has 1 aromatic rings. The summed E-state index contributed by atoms with van der Waals surface area (Å²) < 4.78 is 31.9. The Kier molecular flexibility index (Phi) is 4.69. The van der Waals surface area contributed by atoms with Crippen molar-refractivity contribution >= 4 is 21.6 Å². The van der Waals surface area contributed by atoms with Crippen molar-refractivity contribution in [3.05, 3.63) is 17.7 Å². The second kappa shape index (κ2) is 6.10. The molecule has 0 amide bonds. The van der Waals surface area contributed by atoms with Gasteiger partial charge >= 0.3 is 0 Å². The van der Waals surface area contributed by atoms with E-state index < -0.39 is 10.0 Å². The summed E-state index contributed by atoms with van der Waals surface area (Å²) in [6, 6.07) is 0. The number of nitrogens with zero attached hydrogens (tertiary/aromatic N) is 3. The van der Waals surface area contributed by atoms with Crippen LogP contribution in [-0.4, -0.2) is 62.7 Å². The van der Waals surface area contributed by atoms with Crippen molar-refractivity contribution in [3.8, 4) is 0 Å². The van der Waals surface area contributed by atoms with Crippen molar-refractivity contribution in [1.29, 1.82) is 0 Å². The SMILES string of the molecule is CN1CCOC(CNS(=O)(=O)c2cnc(Cl)nc2)C1.